The number of rotatable bonds is 2. The number of benzene rings is 1. The van der Waals surface area contributed by atoms with Crippen LogP contribution in [0.4, 0.5) is 4.39 Å². The maximum Gasteiger partial charge on any atom is 0.275 e. The van der Waals surface area contributed by atoms with Crippen LogP contribution in [0.3, 0.4) is 0 Å². The Bertz CT molecular complexity index is 1420. The van der Waals surface area contributed by atoms with Crippen molar-refractivity contribution in [1.29, 1.82) is 0 Å². The molecule has 2 aliphatic rings. The van der Waals surface area contributed by atoms with Crippen LogP contribution in [0.2, 0.25) is 0 Å². The van der Waals surface area contributed by atoms with E-state index in [2.05, 4.69) is 46.9 Å². The van der Waals surface area contributed by atoms with E-state index in [4.69, 9.17) is 0 Å². The van der Waals surface area contributed by atoms with E-state index in [0.29, 0.717) is 23.8 Å². The van der Waals surface area contributed by atoms with Crippen LogP contribution < -0.4 is 11.0 Å². The van der Waals surface area contributed by atoms with Gasteiger partial charge in [0, 0.05) is 31.3 Å². The molecule has 0 saturated carbocycles. The number of nitrogens with one attached hydrogen (secondary N) is 2. The second kappa shape index (κ2) is 8.51. The van der Waals surface area contributed by atoms with Crippen molar-refractivity contribution in [3.8, 4) is 11.3 Å². The molecule has 37 heavy (non-hydrogen) atoms. The van der Waals surface area contributed by atoms with Crippen LogP contribution in [-0.2, 0) is 10.2 Å². The van der Waals surface area contributed by atoms with E-state index in [1.165, 1.54) is 27.1 Å². The standard InChI is InChI=1S/C25H30FN9O2/c1-24(2,3)17-13-18(15-7-9-16(26)10-8-15)29-35-14-19(27-20(17)35)21(36)34-12-11-33(22(37)25(34,4)5)23-28-31-32(6)30-23/h7-10,13-14,31H,11-12H2,1-6H3,(H,28,30). The van der Waals surface area contributed by atoms with Crippen LogP contribution in [0.15, 0.2) is 41.6 Å². The fourth-order valence-electron chi connectivity index (χ4n) is 4.56. The molecule has 12 heteroatoms. The number of amides is 2. The topological polar surface area (TPSA) is 110 Å². The van der Waals surface area contributed by atoms with Gasteiger partial charge in [-0.05, 0) is 49.6 Å². The lowest BCUT2D eigenvalue weighted by molar-refractivity contribution is -0.141. The molecule has 0 atom stereocenters. The van der Waals surface area contributed by atoms with Crippen molar-refractivity contribution in [2.75, 3.05) is 20.1 Å². The number of hydrogen-bond donors (Lipinski definition) is 2. The maximum atomic E-state index is 13.7. The van der Waals surface area contributed by atoms with E-state index in [-0.39, 0.29) is 35.3 Å². The Labute approximate surface area is 213 Å². The summed E-state index contributed by atoms with van der Waals surface area (Å²) in [4.78, 5) is 34.8. The van der Waals surface area contributed by atoms with Crippen molar-refractivity contribution in [2.24, 2.45) is 5.10 Å². The molecule has 194 valence electrons. The quantitative estimate of drug-likeness (QED) is 0.547. The summed E-state index contributed by atoms with van der Waals surface area (Å²) in [5.41, 5.74) is 7.28. The lowest BCUT2D eigenvalue weighted by Gasteiger charge is -2.45. The van der Waals surface area contributed by atoms with Crippen molar-refractivity contribution >= 4 is 23.4 Å². The van der Waals surface area contributed by atoms with Gasteiger partial charge in [-0.2, -0.15) is 5.10 Å². The van der Waals surface area contributed by atoms with Gasteiger partial charge in [-0.1, -0.05) is 20.8 Å². The molecule has 5 rings (SSSR count). The molecular formula is C25H30FN9O2. The van der Waals surface area contributed by atoms with E-state index in [1.54, 1.807) is 43.7 Å². The van der Waals surface area contributed by atoms with Gasteiger partial charge < -0.3 is 4.90 Å². The molecule has 1 saturated heterocycles. The summed E-state index contributed by atoms with van der Waals surface area (Å²) in [5, 5.41) is 10.3. The van der Waals surface area contributed by atoms with E-state index in [1.807, 2.05) is 6.07 Å². The van der Waals surface area contributed by atoms with Gasteiger partial charge in [-0.25, -0.2) is 19.4 Å². The van der Waals surface area contributed by atoms with Crippen LogP contribution in [0.5, 0.6) is 0 Å². The highest BCUT2D eigenvalue weighted by molar-refractivity contribution is 6.05. The zero-order valence-corrected chi connectivity index (χ0v) is 21.7. The summed E-state index contributed by atoms with van der Waals surface area (Å²) in [6, 6.07) is 8.05. The Hall–Kier alpha value is -4.06. The first-order chi connectivity index (χ1) is 17.4. The van der Waals surface area contributed by atoms with Gasteiger partial charge in [0.2, 0.25) is 5.96 Å². The molecule has 2 aliphatic heterocycles. The summed E-state index contributed by atoms with van der Waals surface area (Å²) in [6.07, 6.45) is 1.59. The minimum atomic E-state index is -1.13. The molecule has 2 amide bonds. The third kappa shape index (κ3) is 4.26. The van der Waals surface area contributed by atoms with Gasteiger partial charge in [0.1, 0.15) is 17.1 Å². The largest absolute Gasteiger partial charge is 0.321 e. The number of piperazine rings is 1. The number of nitrogens with zero attached hydrogens (tertiary/aromatic N) is 7. The van der Waals surface area contributed by atoms with Gasteiger partial charge in [-0.3, -0.25) is 19.9 Å². The number of aromatic nitrogens is 3. The van der Waals surface area contributed by atoms with Gasteiger partial charge in [0.25, 0.3) is 11.8 Å². The third-order valence-corrected chi connectivity index (χ3v) is 6.66. The summed E-state index contributed by atoms with van der Waals surface area (Å²) in [6.45, 7) is 10.2. The van der Waals surface area contributed by atoms with Crippen LogP contribution in [-0.4, -0.2) is 73.0 Å². The van der Waals surface area contributed by atoms with Gasteiger partial charge in [-0.15, -0.1) is 10.2 Å². The van der Waals surface area contributed by atoms with E-state index >= 15 is 0 Å². The first kappa shape index (κ1) is 24.6. The Balaban J connectivity index is 1.50. The first-order valence-corrected chi connectivity index (χ1v) is 12.0. The fraction of sp³-hybridized carbons (Fsp3) is 0.400. The number of imidazole rings is 1. The number of guanidine groups is 1. The number of carbonyl (C=O) groups excluding carboxylic acids is 2. The maximum absolute atomic E-state index is 13.7. The fourth-order valence-corrected chi connectivity index (χ4v) is 4.56. The SMILES string of the molecule is CN1NN=C(N2CCN(C(=O)c3cn4nc(-c5ccc(F)cc5)cc(C(C)(C)C)c4n3)C(C)(C)C2=O)N1. The number of hydrazone groups is 1. The minimum absolute atomic E-state index is 0.196. The monoisotopic (exact) mass is 507 g/mol. The van der Waals surface area contributed by atoms with E-state index in [9.17, 15) is 14.0 Å². The lowest BCUT2D eigenvalue weighted by Crippen LogP contribution is -2.67. The molecule has 1 aromatic carbocycles. The van der Waals surface area contributed by atoms with Crippen molar-refractivity contribution in [2.45, 2.75) is 45.6 Å². The second-order valence-electron chi connectivity index (χ2n) is 10.8. The number of halogens is 1. The molecule has 0 bridgehead atoms. The highest BCUT2D eigenvalue weighted by Crippen LogP contribution is 2.31. The Morgan fingerprint density at radius 3 is 2.46 bits per heavy atom. The minimum Gasteiger partial charge on any atom is -0.321 e. The summed E-state index contributed by atoms with van der Waals surface area (Å²) < 4.78 is 15.1. The van der Waals surface area contributed by atoms with E-state index < -0.39 is 5.54 Å². The van der Waals surface area contributed by atoms with Crippen LogP contribution in [0.25, 0.3) is 16.9 Å². The highest BCUT2D eigenvalue weighted by Gasteiger charge is 2.47. The summed E-state index contributed by atoms with van der Waals surface area (Å²) in [7, 11) is 1.73. The van der Waals surface area contributed by atoms with Gasteiger partial charge in [0.05, 0.1) is 11.9 Å². The first-order valence-electron chi connectivity index (χ1n) is 12.0. The average Bonchev–Trinajstić information content (AvgIpc) is 3.45. The Morgan fingerprint density at radius 2 is 1.84 bits per heavy atom. The van der Waals surface area contributed by atoms with Gasteiger partial charge >= 0.3 is 0 Å². The molecular weight excluding hydrogens is 477 g/mol. The van der Waals surface area contributed by atoms with Crippen molar-refractivity contribution < 1.29 is 14.0 Å². The number of fused-ring (bicyclic) bond motifs is 1. The van der Waals surface area contributed by atoms with Crippen LogP contribution in [0, 0.1) is 5.82 Å². The molecule has 3 aromatic rings. The molecule has 0 aliphatic carbocycles. The molecule has 0 radical (unpaired) electrons. The van der Waals surface area contributed by atoms with Crippen LogP contribution in [0.1, 0.15) is 50.7 Å². The highest BCUT2D eigenvalue weighted by atomic mass is 19.1. The molecule has 0 unspecified atom stereocenters. The summed E-state index contributed by atoms with van der Waals surface area (Å²) in [5.74, 6) is -0.560. The zero-order chi connectivity index (χ0) is 26.7. The van der Waals surface area contributed by atoms with Gasteiger partial charge in [0.15, 0.2) is 5.65 Å². The Morgan fingerprint density at radius 1 is 1.14 bits per heavy atom. The predicted molar refractivity (Wildman–Crippen MR) is 135 cm³/mol. The number of hydrazine groups is 2. The third-order valence-electron chi connectivity index (χ3n) is 6.66. The Kier molecular flexibility index (Phi) is 5.66. The predicted octanol–water partition coefficient (Wildman–Crippen LogP) is 2.12. The smallest absolute Gasteiger partial charge is 0.275 e. The molecule has 0 spiro atoms. The molecule has 2 aromatic heterocycles. The molecule has 1 fully saturated rings. The molecule has 4 heterocycles. The normalized spacial score (nSPS) is 18.1. The number of carbonyl (C=O) groups is 2. The van der Waals surface area contributed by atoms with E-state index in [0.717, 1.165) is 11.1 Å². The van der Waals surface area contributed by atoms with Crippen molar-refractivity contribution in [1.82, 2.24) is 40.5 Å². The van der Waals surface area contributed by atoms with Crippen molar-refractivity contribution in [3.05, 3.63) is 53.6 Å². The molecule has 2 N–H and O–H groups in total. The zero-order valence-electron chi connectivity index (χ0n) is 21.7. The molecule has 11 nitrogen and oxygen atoms in total. The van der Waals surface area contributed by atoms with Crippen molar-refractivity contribution in [3.63, 3.8) is 0 Å². The summed E-state index contributed by atoms with van der Waals surface area (Å²) >= 11 is 0. The average molecular weight is 508 g/mol. The number of hydrogen-bond acceptors (Lipinski definition) is 8. The van der Waals surface area contributed by atoms with Crippen LogP contribution >= 0.6 is 0 Å². The second-order valence-corrected chi connectivity index (χ2v) is 10.8. The lowest BCUT2D eigenvalue weighted by atomic mass is 9.87.